The van der Waals surface area contributed by atoms with Crippen molar-refractivity contribution in [2.45, 2.75) is 17.7 Å². The monoisotopic (exact) mass is 351 g/mol. The van der Waals surface area contributed by atoms with E-state index in [1.807, 2.05) is 72.5 Å². The van der Waals surface area contributed by atoms with Gasteiger partial charge in [0.25, 0.3) is 10.1 Å². The zero-order chi connectivity index (χ0) is 17.6. The van der Waals surface area contributed by atoms with Gasteiger partial charge < -0.3 is 4.90 Å². The highest BCUT2D eigenvalue weighted by molar-refractivity contribution is 7.85. The lowest BCUT2D eigenvalue weighted by Crippen LogP contribution is -2.22. The molecule has 0 spiro atoms. The molecule has 126 valence electrons. The SMILES string of the molecule is CC1c2ccccc2N(c2ccccc2)c2cccc(S(=O)(=O)O)c21. The molecule has 4 nitrogen and oxygen atoms in total. The fourth-order valence-corrected chi connectivity index (χ4v) is 4.40. The van der Waals surface area contributed by atoms with Gasteiger partial charge in [-0.1, -0.05) is 49.4 Å². The smallest absolute Gasteiger partial charge is 0.294 e. The van der Waals surface area contributed by atoms with Crippen LogP contribution in [0.15, 0.2) is 77.7 Å². The first kappa shape index (κ1) is 15.9. The van der Waals surface area contributed by atoms with Crippen molar-refractivity contribution in [1.29, 1.82) is 0 Å². The van der Waals surface area contributed by atoms with E-state index < -0.39 is 10.1 Å². The molecule has 0 amide bonds. The summed E-state index contributed by atoms with van der Waals surface area (Å²) < 4.78 is 33.6. The Hall–Kier alpha value is -2.63. The maximum atomic E-state index is 11.9. The van der Waals surface area contributed by atoms with Gasteiger partial charge in [0.1, 0.15) is 0 Å². The van der Waals surface area contributed by atoms with E-state index in [0.717, 1.165) is 22.6 Å². The van der Waals surface area contributed by atoms with Crippen LogP contribution in [0.25, 0.3) is 0 Å². The van der Waals surface area contributed by atoms with Crippen LogP contribution in [0.4, 0.5) is 17.1 Å². The zero-order valence-electron chi connectivity index (χ0n) is 13.6. The fraction of sp³-hybridized carbons (Fsp3) is 0.100. The van der Waals surface area contributed by atoms with E-state index in [0.29, 0.717) is 5.56 Å². The molecule has 1 aliphatic heterocycles. The highest BCUT2D eigenvalue weighted by Crippen LogP contribution is 2.50. The van der Waals surface area contributed by atoms with Crippen molar-refractivity contribution >= 4 is 27.2 Å². The second kappa shape index (κ2) is 5.72. The lowest BCUT2D eigenvalue weighted by atomic mass is 9.86. The Morgan fingerprint density at radius 1 is 0.840 bits per heavy atom. The second-order valence-corrected chi connectivity index (χ2v) is 7.51. The molecule has 3 aromatic rings. The molecule has 1 unspecified atom stereocenters. The first-order chi connectivity index (χ1) is 12.0. The molecule has 0 radical (unpaired) electrons. The molecule has 4 rings (SSSR count). The Kier molecular flexibility index (Phi) is 3.63. The van der Waals surface area contributed by atoms with E-state index in [2.05, 4.69) is 0 Å². The van der Waals surface area contributed by atoms with E-state index in [9.17, 15) is 13.0 Å². The number of benzene rings is 3. The minimum Gasteiger partial charge on any atom is -0.310 e. The molecule has 5 heteroatoms. The first-order valence-electron chi connectivity index (χ1n) is 8.03. The molecule has 0 saturated carbocycles. The van der Waals surface area contributed by atoms with E-state index >= 15 is 0 Å². The lowest BCUT2D eigenvalue weighted by Gasteiger charge is -2.37. The summed E-state index contributed by atoms with van der Waals surface area (Å²) in [6.07, 6.45) is 0. The third-order valence-corrected chi connectivity index (χ3v) is 5.57. The number of hydrogen-bond acceptors (Lipinski definition) is 3. The van der Waals surface area contributed by atoms with Crippen molar-refractivity contribution in [3.63, 3.8) is 0 Å². The average molecular weight is 351 g/mol. The van der Waals surface area contributed by atoms with Crippen LogP contribution in [0.5, 0.6) is 0 Å². The zero-order valence-corrected chi connectivity index (χ0v) is 14.4. The van der Waals surface area contributed by atoms with Gasteiger partial charge in [0.2, 0.25) is 0 Å². The molecule has 25 heavy (non-hydrogen) atoms. The molecule has 1 heterocycles. The van der Waals surface area contributed by atoms with Crippen molar-refractivity contribution in [1.82, 2.24) is 0 Å². The molecule has 1 N–H and O–H groups in total. The molecular weight excluding hydrogens is 334 g/mol. The van der Waals surface area contributed by atoms with Crippen molar-refractivity contribution in [2.75, 3.05) is 4.90 Å². The molecule has 0 fully saturated rings. The highest BCUT2D eigenvalue weighted by Gasteiger charge is 2.33. The molecule has 0 aliphatic carbocycles. The third kappa shape index (κ3) is 2.52. The molecule has 1 aliphatic rings. The van der Waals surface area contributed by atoms with Crippen LogP contribution in [-0.4, -0.2) is 13.0 Å². The summed E-state index contributed by atoms with van der Waals surface area (Å²) in [5.74, 6) is -0.149. The highest BCUT2D eigenvalue weighted by atomic mass is 32.2. The quantitative estimate of drug-likeness (QED) is 0.669. The number of hydrogen-bond donors (Lipinski definition) is 1. The minimum atomic E-state index is -4.31. The summed E-state index contributed by atoms with van der Waals surface area (Å²) >= 11 is 0. The predicted octanol–water partition coefficient (Wildman–Crippen LogP) is 4.87. The Balaban J connectivity index is 2.08. The number of para-hydroxylation sites is 2. The van der Waals surface area contributed by atoms with Gasteiger partial charge in [0.15, 0.2) is 0 Å². The molecule has 0 bridgehead atoms. The van der Waals surface area contributed by atoms with Crippen LogP contribution < -0.4 is 4.90 Å². The molecule has 1 atom stereocenters. The summed E-state index contributed by atoms with van der Waals surface area (Å²) in [6, 6.07) is 22.8. The molecule has 0 aromatic heterocycles. The first-order valence-corrected chi connectivity index (χ1v) is 9.47. The van der Waals surface area contributed by atoms with Crippen LogP contribution in [0.1, 0.15) is 24.0 Å². The van der Waals surface area contributed by atoms with Crippen molar-refractivity contribution in [3.05, 3.63) is 83.9 Å². The minimum absolute atomic E-state index is 0.0343. The second-order valence-electron chi connectivity index (χ2n) is 6.12. The van der Waals surface area contributed by atoms with Crippen molar-refractivity contribution in [3.8, 4) is 0 Å². The van der Waals surface area contributed by atoms with Gasteiger partial charge in [-0.25, -0.2) is 0 Å². The number of rotatable bonds is 2. The molecular formula is C20H17NO3S. The topological polar surface area (TPSA) is 57.6 Å². The molecule has 3 aromatic carbocycles. The van der Waals surface area contributed by atoms with Crippen LogP contribution >= 0.6 is 0 Å². The fourth-order valence-electron chi connectivity index (χ4n) is 3.59. The van der Waals surface area contributed by atoms with Crippen LogP contribution in [0.3, 0.4) is 0 Å². The van der Waals surface area contributed by atoms with Crippen LogP contribution in [0.2, 0.25) is 0 Å². The maximum Gasteiger partial charge on any atom is 0.294 e. The summed E-state index contributed by atoms with van der Waals surface area (Å²) in [5.41, 5.74) is 4.37. The van der Waals surface area contributed by atoms with E-state index in [4.69, 9.17) is 0 Å². The van der Waals surface area contributed by atoms with Gasteiger partial charge in [-0.3, -0.25) is 4.55 Å². The van der Waals surface area contributed by atoms with Gasteiger partial charge in [-0.15, -0.1) is 0 Å². The van der Waals surface area contributed by atoms with Gasteiger partial charge in [-0.05, 0) is 35.9 Å². The maximum absolute atomic E-state index is 11.9. The van der Waals surface area contributed by atoms with Crippen molar-refractivity contribution in [2.24, 2.45) is 0 Å². The number of nitrogens with zero attached hydrogens (tertiary/aromatic N) is 1. The summed E-state index contributed by atoms with van der Waals surface area (Å²) in [7, 11) is -4.31. The Morgan fingerprint density at radius 3 is 2.20 bits per heavy atom. The van der Waals surface area contributed by atoms with Gasteiger partial charge in [0, 0.05) is 22.9 Å². The Morgan fingerprint density at radius 2 is 1.48 bits per heavy atom. The van der Waals surface area contributed by atoms with Gasteiger partial charge >= 0.3 is 0 Å². The predicted molar refractivity (Wildman–Crippen MR) is 98.5 cm³/mol. The van der Waals surface area contributed by atoms with E-state index in [1.54, 1.807) is 6.07 Å². The Labute approximate surface area is 147 Å². The lowest BCUT2D eigenvalue weighted by molar-refractivity contribution is 0.481. The van der Waals surface area contributed by atoms with Gasteiger partial charge in [0.05, 0.1) is 10.6 Å². The van der Waals surface area contributed by atoms with Gasteiger partial charge in [-0.2, -0.15) is 8.42 Å². The largest absolute Gasteiger partial charge is 0.310 e. The van der Waals surface area contributed by atoms with Crippen LogP contribution in [0, 0.1) is 0 Å². The number of anilines is 3. The van der Waals surface area contributed by atoms with E-state index in [-0.39, 0.29) is 10.8 Å². The Bertz CT molecular complexity index is 1050. The summed E-state index contributed by atoms with van der Waals surface area (Å²) in [6.45, 7) is 1.97. The third-order valence-electron chi connectivity index (χ3n) is 4.65. The summed E-state index contributed by atoms with van der Waals surface area (Å²) in [4.78, 5) is 2.01. The normalized spacial score (nSPS) is 16.2. The van der Waals surface area contributed by atoms with Crippen LogP contribution in [-0.2, 0) is 10.1 Å². The number of fused-ring (bicyclic) bond motifs is 2. The average Bonchev–Trinajstić information content (AvgIpc) is 2.62. The van der Waals surface area contributed by atoms with Crippen molar-refractivity contribution < 1.29 is 13.0 Å². The van der Waals surface area contributed by atoms with E-state index in [1.165, 1.54) is 6.07 Å². The standard InChI is InChI=1S/C20H17NO3S/c1-14-16-10-5-6-11-17(16)21(15-8-3-2-4-9-15)18-12-7-13-19(20(14)18)25(22,23)24/h2-14H,1H3,(H,22,23,24). The molecule has 0 saturated heterocycles. The summed E-state index contributed by atoms with van der Waals surface area (Å²) in [5, 5.41) is 0.